The van der Waals surface area contributed by atoms with Crippen LogP contribution in [0.15, 0.2) is 30.3 Å². The number of aliphatic hydroxyl groups is 1. The lowest BCUT2D eigenvalue weighted by Crippen LogP contribution is -2.51. The first-order valence-corrected chi connectivity index (χ1v) is 9.86. The van der Waals surface area contributed by atoms with Crippen LogP contribution in [0.4, 0.5) is 9.59 Å². The molecule has 3 rings (SSSR count). The maximum atomic E-state index is 12.7. The van der Waals surface area contributed by atoms with Gasteiger partial charge in [-0.3, -0.25) is 4.90 Å². The molecule has 0 aromatic heterocycles. The molecule has 1 aromatic rings. The SMILES string of the molecule is CC(C)(C)OC(=O)N1CCC2C(CC(CO)N2C(=O)OCc2ccccc2)C1. The Morgan fingerprint density at radius 3 is 2.54 bits per heavy atom. The minimum atomic E-state index is -0.537. The first kappa shape index (κ1) is 20.5. The zero-order valence-corrected chi connectivity index (χ0v) is 16.8. The van der Waals surface area contributed by atoms with Gasteiger partial charge < -0.3 is 19.5 Å². The highest BCUT2D eigenvalue weighted by molar-refractivity contribution is 5.70. The van der Waals surface area contributed by atoms with Gasteiger partial charge in [0, 0.05) is 19.1 Å². The van der Waals surface area contributed by atoms with Gasteiger partial charge in [0.05, 0.1) is 12.6 Å². The largest absolute Gasteiger partial charge is 0.445 e. The summed E-state index contributed by atoms with van der Waals surface area (Å²) in [6, 6.07) is 9.22. The van der Waals surface area contributed by atoms with Crippen molar-refractivity contribution in [2.75, 3.05) is 19.7 Å². The van der Waals surface area contributed by atoms with Gasteiger partial charge in [0.2, 0.25) is 0 Å². The lowest BCUT2D eigenvalue weighted by molar-refractivity contribution is 0.00952. The van der Waals surface area contributed by atoms with Gasteiger partial charge in [0.25, 0.3) is 0 Å². The Hall–Kier alpha value is -2.28. The van der Waals surface area contributed by atoms with Gasteiger partial charge in [-0.05, 0) is 45.1 Å². The molecule has 28 heavy (non-hydrogen) atoms. The van der Waals surface area contributed by atoms with Crippen LogP contribution in [0.1, 0.15) is 39.2 Å². The molecule has 2 fully saturated rings. The highest BCUT2D eigenvalue weighted by Crippen LogP contribution is 2.36. The van der Waals surface area contributed by atoms with Gasteiger partial charge >= 0.3 is 12.2 Å². The number of hydrogen-bond acceptors (Lipinski definition) is 5. The summed E-state index contributed by atoms with van der Waals surface area (Å²) in [5, 5.41) is 9.79. The first-order valence-electron chi connectivity index (χ1n) is 9.86. The number of fused-ring (bicyclic) bond motifs is 1. The summed E-state index contributed by atoms with van der Waals surface area (Å²) in [6.45, 7) is 6.68. The second kappa shape index (κ2) is 8.39. The van der Waals surface area contributed by atoms with E-state index in [1.165, 1.54) is 0 Å². The minimum absolute atomic E-state index is 0.0286. The minimum Gasteiger partial charge on any atom is -0.445 e. The van der Waals surface area contributed by atoms with E-state index in [1.54, 1.807) is 9.80 Å². The zero-order valence-electron chi connectivity index (χ0n) is 16.8. The maximum absolute atomic E-state index is 12.7. The summed E-state index contributed by atoms with van der Waals surface area (Å²) in [7, 11) is 0. The van der Waals surface area contributed by atoms with Crippen LogP contribution in [0.2, 0.25) is 0 Å². The van der Waals surface area contributed by atoms with Crippen LogP contribution in [0.5, 0.6) is 0 Å². The van der Waals surface area contributed by atoms with Crippen LogP contribution in [-0.4, -0.2) is 64.5 Å². The Kier molecular flexibility index (Phi) is 6.13. The quantitative estimate of drug-likeness (QED) is 0.858. The molecule has 1 N–H and O–H groups in total. The van der Waals surface area contributed by atoms with Crippen molar-refractivity contribution in [3.8, 4) is 0 Å². The molecule has 0 saturated carbocycles. The molecule has 7 nitrogen and oxygen atoms in total. The van der Waals surface area contributed by atoms with Gasteiger partial charge in [-0.15, -0.1) is 0 Å². The summed E-state index contributed by atoms with van der Waals surface area (Å²) in [5.41, 5.74) is 0.386. The van der Waals surface area contributed by atoms with Crippen molar-refractivity contribution in [3.63, 3.8) is 0 Å². The van der Waals surface area contributed by atoms with E-state index in [4.69, 9.17) is 9.47 Å². The first-order chi connectivity index (χ1) is 13.3. The molecule has 0 radical (unpaired) electrons. The topological polar surface area (TPSA) is 79.3 Å². The number of carbonyl (C=O) groups is 2. The second-order valence-corrected chi connectivity index (χ2v) is 8.56. The molecule has 0 spiro atoms. The van der Waals surface area contributed by atoms with Crippen LogP contribution >= 0.6 is 0 Å². The van der Waals surface area contributed by atoms with E-state index in [1.807, 2.05) is 51.1 Å². The van der Waals surface area contributed by atoms with Crippen molar-refractivity contribution in [1.82, 2.24) is 9.80 Å². The summed E-state index contributed by atoms with van der Waals surface area (Å²) in [4.78, 5) is 28.5. The molecule has 7 heteroatoms. The Balaban J connectivity index is 1.61. The molecule has 2 heterocycles. The van der Waals surface area contributed by atoms with E-state index in [-0.39, 0.29) is 37.3 Å². The predicted octanol–water partition coefficient (Wildman–Crippen LogP) is 3.02. The molecular formula is C21H30N2O5. The molecule has 3 atom stereocenters. The summed E-state index contributed by atoms with van der Waals surface area (Å²) in [5.74, 6) is 0.114. The summed E-state index contributed by atoms with van der Waals surface area (Å²) in [6.07, 6.45) is 0.583. The van der Waals surface area contributed by atoms with E-state index in [0.717, 1.165) is 5.56 Å². The Morgan fingerprint density at radius 2 is 1.89 bits per heavy atom. The van der Waals surface area contributed by atoms with Gasteiger partial charge in [-0.2, -0.15) is 0 Å². The average molecular weight is 390 g/mol. The third-order valence-corrected chi connectivity index (χ3v) is 5.30. The third kappa shape index (κ3) is 4.76. The number of ether oxygens (including phenoxy) is 2. The van der Waals surface area contributed by atoms with E-state index >= 15 is 0 Å². The third-order valence-electron chi connectivity index (χ3n) is 5.30. The Bertz CT molecular complexity index is 688. The second-order valence-electron chi connectivity index (χ2n) is 8.56. The van der Waals surface area contributed by atoms with Crippen molar-refractivity contribution >= 4 is 12.2 Å². The molecule has 2 saturated heterocycles. The van der Waals surface area contributed by atoms with Gasteiger partial charge in [0.1, 0.15) is 12.2 Å². The fraction of sp³-hybridized carbons (Fsp3) is 0.619. The normalized spacial score (nSPS) is 24.6. The number of aliphatic hydroxyl groups excluding tert-OH is 1. The van der Waals surface area contributed by atoms with Gasteiger partial charge in [0.15, 0.2) is 0 Å². The number of benzene rings is 1. The molecule has 2 aliphatic rings. The highest BCUT2D eigenvalue weighted by atomic mass is 16.6. The van der Waals surface area contributed by atoms with E-state index < -0.39 is 11.7 Å². The molecule has 3 unspecified atom stereocenters. The van der Waals surface area contributed by atoms with Crippen LogP contribution in [-0.2, 0) is 16.1 Å². The molecule has 154 valence electrons. The lowest BCUT2D eigenvalue weighted by atomic mass is 9.92. The fourth-order valence-corrected chi connectivity index (χ4v) is 4.08. The number of piperidine rings is 1. The lowest BCUT2D eigenvalue weighted by Gasteiger charge is -2.38. The maximum Gasteiger partial charge on any atom is 0.410 e. The number of carbonyl (C=O) groups excluding carboxylic acids is 2. The number of rotatable bonds is 3. The smallest absolute Gasteiger partial charge is 0.410 e. The van der Waals surface area contributed by atoms with Crippen LogP contribution in [0.3, 0.4) is 0 Å². The molecule has 0 bridgehead atoms. The van der Waals surface area contributed by atoms with Crippen LogP contribution < -0.4 is 0 Å². The van der Waals surface area contributed by atoms with Crippen molar-refractivity contribution in [3.05, 3.63) is 35.9 Å². The van der Waals surface area contributed by atoms with Crippen molar-refractivity contribution < 1.29 is 24.2 Å². The summed E-state index contributed by atoms with van der Waals surface area (Å²) < 4.78 is 11.0. The number of nitrogens with zero attached hydrogens (tertiary/aromatic N) is 2. The molecule has 0 aliphatic carbocycles. The monoisotopic (exact) mass is 390 g/mol. The van der Waals surface area contributed by atoms with Crippen molar-refractivity contribution in [2.45, 2.75) is 57.9 Å². The fourth-order valence-electron chi connectivity index (χ4n) is 4.08. The molecule has 1 aromatic carbocycles. The zero-order chi connectivity index (χ0) is 20.3. The molecule has 2 amide bonds. The van der Waals surface area contributed by atoms with E-state index in [0.29, 0.717) is 25.9 Å². The van der Waals surface area contributed by atoms with Crippen molar-refractivity contribution in [1.29, 1.82) is 0 Å². The van der Waals surface area contributed by atoms with Gasteiger partial charge in [-0.1, -0.05) is 30.3 Å². The molecule has 2 aliphatic heterocycles. The van der Waals surface area contributed by atoms with E-state index in [9.17, 15) is 14.7 Å². The van der Waals surface area contributed by atoms with E-state index in [2.05, 4.69) is 0 Å². The molecular weight excluding hydrogens is 360 g/mol. The van der Waals surface area contributed by atoms with Crippen LogP contribution in [0.25, 0.3) is 0 Å². The van der Waals surface area contributed by atoms with Crippen LogP contribution in [0, 0.1) is 5.92 Å². The number of hydrogen-bond donors (Lipinski definition) is 1. The Morgan fingerprint density at radius 1 is 1.18 bits per heavy atom. The Labute approximate surface area is 166 Å². The number of amides is 2. The number of likely N-dealkylation sites (tertiary alicyclic amines) is 2. The highest BCUT2D eigenvalue weighted by Gasteiger charge is 2.47. The standard InChI is InChI=1S/C21H30N2O5/c1-21(2,3)28-19(25)22-10-9-18-16(12-22)11-17(13-24)23(18)20(26)27-14-15-7-5-4-6-8-15/h4-8,16-18,24H,9-14H2,1-3H3. The van der Waals surface area contributed by atoms with Gasteiger partial charge in [-0.25, -0.2) is 9.59 Å². The van der Waals surface area contributed by atoms with Crippen molar-refractivity contribution in [2.24, 2.45) is 5.92 Å². The average Bonchev–Trinajstić information content (AvgIpc) is 3.03. The summed E-state index contributed by atoms with van der Waals surface area (Å²) >= 11 is 0. The predicted molar refractivity (Wildman–Crippen MR) is 104 cm³/mol.